The largest absolute Gasteiger partial charge is 0.245 e. The van der Waals surface area contributed by atoms with E-state index in [1.807, 2.05) is 11.8 Å². The van der Waals surface area contributed by atoms with E-state index in [1.54, 1.807) is 11.3 Å². The number of aromatic nitrogens is 1. The first-order valence-corrected chi connectivity index (χ1v) is 6.89. The smallest absolute Gasteiger partial charge is 0.103 e. The van der Waals surface area contributed by atoms with Crippen LogP contribution >= 0.6 is 23.1 Å². The summed E-state index contributed by atoms with van der Waals surface area (Å²) in [6, 6.07) is 0. The number of rotatable bonds is 3. The Kier molecular flexibility index (Phi) is 4.02. The first-order valence-electron chi connectivity index (χ1n) is 4.96. The van der Waals surface area contributed by atoms with Gasteiger partial charge in [0.05, 0.1) is 5.69 Å². The van der Waals surface area contributed by atoms with Crippen molar-refractivity contribution in [2.45, 2.75) is 51.0 Å². The summed E-state index contributed by atoms with van der Waals surface area (Å²) in [5.41, 5.74) is 1.42. The Balaban J connectivity index is 2.60. The molecule has 0 bridgehead atoms. The molecule has 1 nitrogen and oxygen atoms in total. The molecule has 3 heteroatoms. The minimum atomic E-state index is 0.192. The molecule has 80 valence electrons. The Bertz CT molecular complexity index is 284. The first-order chi connectivity index (χ1) is 6.39. The fourth-order valence-electron chi connectivity index (χ4n) is 0.960. The van der Waals surface area contributed by atoms with E-state index in [2.05, 4.69) is 45.0 Å². The van der Waals surface area contributed by atoms with Crippen molar-refractivity contribution in [1.29, 1.82) is 0 Å². The van der Waals surface area contributed by atoms with Crippen molar-refractivity contribution in [3.05, 3.63) is 16.1 Å². The highest BCUT2D eigenvalue weighted by Crippen LogP contribution is 2.26. The predicted octanol–water partition coefficient (Wildman–Crippen LogP) is 4.08. The minimum absolute atomic E-state index is 0.192. The van der Waals surface area contributed by atoms with Crippen LogP contribution in [-0.2, 0) is 11.2 Å². The maximum absolute atomic E-state index is 4.65. The molecule has 1 heterocycles. The molecule has 0 spiro atoms. The molecule has 1 aromatic heterocycles. The molecule has 0 radical (unpaired) electrons. The number of hydrogen-bond donors (Lipinski definition) is 0. The highest BCUT2D eigenvalue weighted by atomic mass is 32.2. The van der Waals surface area contributed by atoms with Crippen molar-refractivity contribution in [1.82, 2.24) is 4.98 Å². The second-order valence-corrected chi connectivity index (χ2v) is 7.24. The van der Waals surface area contributed by atoms with Gasteiger partial charge in [-0.2, -0.15) is 11.8 Å². The zero-order valence-corrected chi connectivity index (χ0v) is 11.3. The average molecular weight is 229 g/mol. The Morgan fingerprint density at radius 3 is 2.50 bits per heavy atom. The van der Waals surface area contributed by atoms with Gasteiger partial charge in [-0.15, -0.1) is 11.3 Å². The van der Waals surface area contributed by atoms with E-state index in [0.29, 0.717) is 5.25 Å². The number of nitrogens with zero attached hydrogens (tertiary/aromatic N) is 1. The second kappa shape index (κ2) is 4.67. The standard InChI is InChI=1S/C11H19NS2/c1-8(2)13-7-10-12-9(6-14-10)11(3,4)5/h6,8H,7H2,1-5H3. The molecular weight excluding hydrogens is 210 g/mol. The zero-order chi connectivity index (χ0) is 10.8. The molecule has 0 unspecified atom stereocenters. The summed E-state index contributed by atoms with van der Waals surface area (Å²) >= 11 is 3.74. The normalized spacial score (nSPS) is 12.4. The van der Waals surface area contributed by atoms with Gasteiger partial charge in [0.15, 0.2) is 0 Å². The van der Waals surface area contributed by atoms with Crippen LogP contribution in [0, 0.1) is 0 Å². The fraction of sp³-hybridized carbons (Fsp3) is 0.727. The van der Waals surface area contributed by atoms with Crippen LogP contribution in [-0.4, -0.2) is 10.2 Å². The lowest BCUT2D eigenvalue weighted by Crippen LogP contribution is -2.11. The molecular formula is C11H19NS2. The monoisotopic (exact) mass is 229 g/mol. The lowest BCUT2D eigenvalue weighted by molar-refractivity contribution is 0.572. The van der Waals surface area contributed by atoms with Crippen LogP contribution in [0.4, 0.5) is 0 Å². The van der Waals surface area contributed by atoms with Crippen molar-refractivity contribution in [3.63, 3.8) is 0 Å². The molecule has 0 N–H and O–H groups in total. The van der Waals surface area contributed by atoms with Gasteiger partial charge in [0, 0.05) is 16.5 Å². The van der Waals surface area contributed by atoms with Gasteiger partial charge >= 0.3 is 0 Å². The summed E-state index contributed by atoms with van der Waals surface area (Å²) in [6.07, 6.45) is 0. The quantitative estimate of drug-likeness (QED) is 0.774. The lowest BCUT2D eigenvalue weighted by Gasteiger charge is -2.14. The average Bonchev–Trinajstić information content (AvgIpc) is 2.47. The molecule has 1 rings (SSSR count). The van der Waals surface area contributed by atoms with Crippen LogP contribution in [0.5, 0.6) is 0 Å². The maximum atomic E-state index is 4.65. The summed E-state index contributed by atoms with van der Waals surface area (Å²) in [5.74, 6) is 1.05. The Morgan fingerprint density at radius 2 is 2.07 bits per heavy atom. The van der Waals surface area contributed by atoms with E-state index in [4.69, 9.17) is 0 Å². The van der Waals surface area contributed by atoms with Gasteiger partial charge in [-0.3, -0.25) is 0 Å². The summed E-state index contributed by atoms with van der Waals surface area (Å²) in [6.45, 7) is 11.1. The first kappa shape index (κ1) is 12.1. The Morgan fingerprint density at radius 1 is 1.43 bits per heavy atom. The molecule has 0 aliphatic carbocycles. The van der Waals surface area contributed by atoms with Crippen molar-refractivity contribution < 1.29 is 0 Å². The third-order valence-electron chi connectivity index (χ3n) is 1.86. The van der Waals surface area contributed by atoms with Gasteiger partial charge in [0.1, 0.15) is 5.01 Å². The van der Waals surface area contributed by atoms with Gasteiger partial charge < -0.3 is 0 Å². The summed E-state index contributed by atoms with van der Waals surface area (Å²) in [4.78, 5) is 4.65. The highest BCUT2D eigenvalue weighted by Gasteiger charge is 2.17. The second-order valence-electron chi connectivity index (χ2n) is 4.74. The SMILES string of the molecule is CC(C)SCc1nc(C(C)(C)C)cs1. The molecule has 0 saturated heterocycles. The van der Waals surface area contributed by atoms with Crippen LogP contribution in [0.3, 0.4) is 0 Å². The van der Waals surface area contributed by atoms with Gasteiger partial charge in [-0.25, -0.2) is 4.98 Å². The Labute approximate surface area is 95.3 Å². The molecule has 0 aliphatic heterocycles. The van der Waals surface area contributed by atoms with Crippen LogP contribution in [0.2, 0.25) is 0 Å². The fourth-order valence-corrected chi connectivity index (χ4v) is 2.78. The van der Waals surface area contributed by atoms with E-state index < -0.39 is 0 Å². The van der Waals surface area contributed by atoms with Crippen LogP contribution in [0.1, 0.15) is 45.3 Å². The molecule has 0 amide bonds. The third-order valence-corrected chi connectivity index (χ3v) is 4.00. The number of thioether (sulfide) groups is 1. The molecule has 0 aromatic carbocycles. The van der Waals surface area contributed by atoms with E-state index in [9.17, 15) is 0 Å². The Hall–Kier alpha value is -0.0200. The summed E-state index contributed by atoms with van der Waals surface area (Å²) in [5, 5.41) is 4.14. The molecule has 1 aromatic rings. The van der Waals surface area contributed by atoms with Crippen molar-refractivity contribution >= 4 is 23.1 Å². The van der Waals surface area contributed by atoms with Crippen molar-refractivity contribution in [2.75, 3.05) is 0 Å². The molecule has 0 atom stereocenters. The predicted molar refractivity (Wildman–Crippen MR) is 67.2 cm³/mol. The van der Waals surface area contributed by atoms with Gasteiger partial charge in [-0.1, -0.05) is 34.6 Å². The molecule has 0 fully saturated rings. The van der Waals surface area contributed by atoms with Gasteiger partial charge in [0.2, 0.25) is 0 Å². The van der Waals surface area contributed by atoms with Gasteiger partial charge in [0.25, 0.3) is 0 Å². The minimum Gasteiger partial charge on any atom is -0.245 e. The van der Waals surface area contributed by atoms with E-state index in [-0.39, 0.29) is 5.41 Å². The lowest BCUT2D eigenvalue weighted by atomic mass is 9.93. The van der Waals surface area contributed by atoms with Crippen molar-refractivity contribution in [2.24, 2.45) is 0 Å². The van der Waals surface area contributed by atoms with E-state index in [1.165, 1.54) is 10.7 Å². The molecule has 0 saturated carbocycles. The van der Waals surface area contributed by atoms with Crippen LogP contribution < -0.4 is 0 Å². The third kappa shape index (κ3) is 3.62. The maximum Gasteiger partial charge on any atom is 0.103 e. The number of thiazole rings is 1. The highest BCUT2D eigenvalue weighted by molar-refractivity contribution is 7.99. The summed E-state index contributed by atoms with van der Waals surface area (Å²) < 4.78 is 0. The zero-order valence-electron chi connectivity index (χ0n) is 9.63. The van der Waals surface area contributed by atoms with Crippen LogP contribution in [0.25, 0.3) is 0 Å². The topological polar surface area (TPSA) is 12.9 Å². The van der Waals surface area contributed by atoms with E-state index in [0.717, 1.165) is 5.75 Å². The van der Waals surface area contributed by atoms with Gasteiger partial charge in [-0.05, 0) is 5.25 Å². The number of hydrogen-bond acceptors (Lipinski definition) is 3. The summed E-state index contributed by atoms with van der Waals surface area (Å²) in [7, 11) is 0. The van der Waals surface area contributed by atoms with E-state index >= 15 is 0 Å². The molecule has 0 aliphatic rings. The molecule has 14 heavy (non-hydrogen) atoms. The van der Waals surface area contributed by atoms with Crippen molar-refractivity contribution in [3.8, 4) is 0 Å². The van der Waals surface area contributed by atoms with Crippen LogP contribution in [0.15, 0.2) is 5.38 Å².